The summed E-state index contributed by atoms with van der Waals surface area (Å²) in [5.74, 6) is 0.680. The molecule has 44 heavy (non-hydrogen) atoms. The summed E-state index contributed by atoms with van der Waals surface area (Å²) in [4.78, 5) is 39.9. The number of nitrogens with zero attached hydrogens (tertiary/aromatic N) is 1. The monoisotopic (exact) mass is 619 g/mol. The van der Waals surface area contributed by atoms with E-state index < -0.39 is 0 Å². The summed E-state index contributed by atoms with van der Waals surface area (Å²) in [5.41, 5.74) is 2.81. The van der Waals surface area contributed by atoms with Crippen molar-refractivity contribution in [3.05, 3.63) is 64.3 Å². The van der Waals surface area contributed by atoms with Gasteiger partial charge in [-0.2, -0.15) is 0 Å². The van der Waals surface area contributed by atoms with E-state index in [0.717, 1.165) is 48.6 Å². The lowest BCUT2D eigenvalue weighted by molar-refractivity contribution is -0.129. The summed E-state index contributed by atoms with van der Waals surface area (Å²) in [7, 11) is 1.60. The largest absolute Gasteiger partial charge is 0.497 e. The second-order valence-electron chi connectivity index (χ2n) is 13.6. The van der Waals surface area contributed by atoms with Gasteiger partial charge in [-0.05, 0) is 119 Å². The summed E-state index contributed by atoms with van der Waals surface area (Å²) in [6, 6.07) is 12.4. The lowest BCUT2D eigenvalue weighted by Gasteiger charge is -2.39. The van der Waals surface area contributed by atoms with Crippen LogP contribution in [0.5, 0.6) is 5.75 Å². The molecule has 1 atom stereocenters. The SMILES string of the molecule is COc1ccc2c(c1)c(CC(=O)NCCCC(C)(C)NC(=O)[C@@H]1CCCC3(CCCC3)C1)c(C)n2C(=O)c1ccc(Cl)cc1. The first-order valence-electron chi connectivity index (χ1n) is 16.1. The summed E-state index contributed by atoms with van der Waals surface area (Å²) in [5, 5.41) is 7.75. The summed E-state index contributed by atoms with van der Waals surface area (Å²) in [6.45, 7) is 6.53. The van der Waals surface area contributed by atoms with Gasteiger partial charge in [0.2, 0.25) is 11.8 Å². The van der Waals surface area contributed by atoms with Crippen LogP contribution < -0.4 is 15.4 Å². The predicted octanol–water partition coefficient (Wildman–Crippen LogP) is 7.38. The van der Waals surface area contributed by atoms with Crippen LogP contribution in [0.2, 0.25) is 5.02 Å². The predicted molar refractivity (Wildman–Crippen MR) is 175 cm³/mol. The molecule has 8 heteroatoms. The smallest absolute Gasteiger partial charge is 0.262 e. The van der Waals surface area contributed by atoms with Crippen molar-refractivity contribution in [2.45, 2.75) is 96.9 Å². The highest BCUT2D eigenvalue weighted by atomic mass is 35.5. The van der Waals surface area contributed by atoms with E-state index in [1.807, 2.05) is 25.1 Å². The third kappa shape index (κ3) is 7.14. The second kappa shape index (κ2) is 13.4. The molecule has 3 aromatic rings. The van der Waals surface area contributed by atoms with Gasteiger partial charge in [-0.1, -0.05) is 30.9 Å². The minimum Gasteiger partial charge on any atom is -0.497 e. The highest BCUT2D eigenvalue weighted by molar-refractivity contribution is 6.30. The molecule has 2 aliphatic rings. The van der Waals surface area contributed by atoms with Gasteiger partial charge in [0.15, 0.2) is 0 Å². The van der Waals surface area contributed by atoms with E-state index in [4.69, 9.17) is 16.3 Å². The first kappa shape index (κ1) is 32.1. The molecule has 0 saturated heterocycles. The molecule has 7 nitrogen and oxygen atoms in total. The Balaban J connectivity index is 1.19. The first-order valence-corrected chi connectivity index (χ1v) is 16.5. The number of ether oxygens (including phenoxy) is 1. The first-order chi connectivity index (χ1) is 21.0. The van der Waals surface area contributed by atoms with Crippen LogP contribution in [-0.4, -0.2) is 41.5 Å². The number of carbonyl (C=O) groups is 3. The zero-order chi connectivity index (χ0) is 31.5. The second-order valence-corrected chi connectivity index (χ2v) is 14.0. The Morgan fingerprint density at radius 3 is 2.45 bits per heavy atom. The van der Waals surface area contributed by atoms with Crippen LogP contribution >= 0.6 is 11.6 Å². The van der Waals surface area contributed by atoms with Crippen LogP contribution in [0.25, 0.3) is 10.9 Å². The maximum absolute atomic E-state index is 13.6. The van der Waals surface area contributed by atoms with E-state index in [1.165, 1.54) is 32.1 Å². The highest BCUT2D eigenvalue weighted by Crippen LogP contribution is 2.50. The fourth-order valence-corrected chi connectivity index (χ4v) is 7.65. The number of fused-ring (bicyclic) bond motifs is 1. The molecule has 0 radical (unpaired) electrons. The Morgan fingerprint density at radius 2 is 1.75 bits per heavy atom. The normalized spacial score (nSPS) is 18.0. The number of methoxy groups -OCH3 is 1. The van der Waals surface area contributed by atoms with E-state index in [9.17, 15) is 14.4 Å². The van der Waals surface area contributed by atoms with Crippen LogP contribution in [0.15, 0.2) is 42.5 Å². The van der Waals surface area contributed by atoms with Gasteiger partial charge in [0.25, 0.3) is 5.91 Å². The average molecular weight is 620 g/mol. The highest BCUT2D eigenvalue weighted by Gasteiger charge is 2.41. The van der Waals surface area contributed by atoms with E-state index in [0.29, 0.717) is 34.0 Å². The minimum absolute atomic E-state index is 0.111. The number of halogens is 1. The number of nitrogens with one attached hydrogen (secondary N) is 2. The summed E-state index contributed by atoms with van der Waals surface area (Å²) >= 11 is 6.04. The van der Waals surface area contributed by atoms with Gasteiger partial charge in [0.1, 0.15) is 5.75 Å². The van der Waals surface area contributed by atoms with E-state index >= 15 is 0 Å². The number of benzene rings is 2. The molecule has 1 heterocycles. The van der Waals surface area contributed by atoms with Crippen molar-refractivity contribution in [1.29, 1.82) is 0 Å². The van der Waals surface area contributed by atoms with Crippen molar-refractivity contribution in [2.75, 3.05) is 13.7 Å². The molecule has 2 N–H and O–H groups in total. The van der Waals surface area contributed by atoms with Gasteiger partial charge >= 0.3 is 0 Å². The molecular weight excluding hydrogens is 574 g/mol. The number of hydrogen-bond donors (Lipinski definition) is 2. The molecule has 1 spiro atoms. The maximum atomic E-state index is 13.6. The van der Waals surface area contributed by atoms with Crippen LogP contribution in [0, 0.1) is 18.3 Å². The van der Waals surface area contributed by atoms with Crippen molar-refractivity contribution in [1.82, 2.24) is 15.2 Å². The number of amides is 2. The van der Waals surface area contributed by atoms with E-state index in [1.54, 1.807) is 35.9 Å². The molecule has 2 amide bonds. The van der Waals surface area contributed by atoms with Crippen LogP contribution in [0.3, 0.4) is 0 Å². The van der Waals surface area contributed by atoms with Gasteiger partial charge in [-0.3, -0.25) is 19.0 Å². The zero-order valence-electron chi connectivity index (χ0n) is 26.6. The quantitative estimate of drug-likeness (QED) is 0.232. The Morgan fingerprint density at radius 1 is 1.05 bits per heavy atom. The summed E-state index contributed by atoms with van der Waals surface area (Å²) in [6.07, 6.45) is 11.3. The van der Waals surface area contributed by atoms with Gasteiger partial charge in [-0.25, -0.2) is 0 Å². The van der Waals surface area contributed by atoms with Crippen molar-refractivity contribution < 1.29 is 19.1 Å². The van der Waals surface area contributed by atoms with Crippen LogP contribution in [0.1, 0.15) is 99.7 Å². The zero-order valence-corrected chi connectivity index (χ0v) is 27.3. The number of aromatic nitrogens is 1. The fraction of sp³-hybridized carbons (Fsp3) is 0.528. The van der Waals surface area contributed by atoms with Gasteiger partial charge in [0.05, 0.1) is 19.0 Å². The Labute approximate surface area is 266 Å². The molecule has 0 aliphatic heterocycles. The third-order valence-electron chi connectivity index (χ3n) is 9.91. The van der Waals surface area contributed by atoms with Crippen molar-refractivity contribution in [2.24, 2.45) is 11.3 Å². The number of rotatable bonds is 10. The average Bonchev–Trinajstić information content (AvgIpc) is 3.56. The van der Waals surface area contributed by atoms with Crippen LogP contribution in [0.4, 0.5) is 0 Å². The molecular formula is C36H46ClN3O4. The molecule has 2 fully saturated rings. The number of carbonyl (C=O) groups excluding carboxylic acids is 3. The third-order valence-corrected chi connectivity index (χ3v) is 10.2. The van der Waals surface area contributed by atoms with Gasteiger partial charge in [-0.15, -0.1) is 0 Å². The molecule has 2 aromatic carbocycles. The van der Waals surface area contributed by atoms with Crippen molar-refractivity contribution in [3.63, 3.8) is 0 Å². The van der Waals surface area contributed by atoms with Gasteiger partial charge < -0.3 is 15.4 Å². The fourth-order valence-electron chi connectivity index (χ4n) is 7.53. The number of hydrogen-bond acceptors (Lipinski definition) is 4. The molecule has 0 bridgehead atoms. The van der Waals surface area contributed by atoms with Crippen LogP contribution in [-0.2, 0) is 16.0 Å². The Hall–Kier alpha value is -3.32. The molecule has 0 unspecified atom stereocenters. The Kier molecular flexibility index (Phi) is 9.74. The maximum Gasteiger partial charge on any atom is 0.262 e. The lowest BCUT2D eigenvalue weighted by atomic mass is 9.68. The Bertz CT molecular complexity index is 1520. The topological polar surface area (TPSA) is 89.4 Å². The standard InChI is InChI=1S/C36H46ClN3O4/c1-24-29(30-21-28(44-4)14-15-31(30)40(24)34(43)25-10-12-27(37)13-11-25)22-32(41)38-20-8-16-35(2,3)39-33(42)26-9-7-19-36(23-26)17-5-6-18-36/h10-15,21,26H,5-9,16-20,22-23H2,1-4H3,(H,38,41)(H,39,42)/t26-/m1/s1. The molecule has 1 aromatic heterocycles. The molecule has 2 aliphatic carbocycles. The van der Waals surface area contributed by atoms with Crippen molar-refractivity contribution in [3.8, 4) is 5.75 Å². The minimum atomic E-state index is -0.343. The summed E-state index contributed by atoms with van der Waals surface area (Å²) < 4.78 is 7.11. The molecule has 2 saturated carbocycles. The van der Waals surface area contributed by atoms with E-state index in [-0.39, 0.29) is 35.6 Å². The van der Waals surface area contributed by atoms with Gasteiger partial charge in [0, 0.05) is 39.7 Å². The molecule has 236 valence electrons. The van der Waals surface area contributed by atoms with E-state index in [2.05, 4.69) is 24.5 Å². The molecule has 5 rings (SSSR count). The lowest BCUT2D eigenvalue weighted by Crippen LogP contribution is -2.48. The van der Waals surface area contributed by atoms with Crippen molar-refractivity contribution >= 4 is 40.2 Å².